The summed E-state index contributed by atoms with van der Waals surface area (Å²) >= 11 is 0. The Labute approximate surface area is 157 Å². The van der Waals surface area contributed by atoms with E-state index in [0.29, 0.717) is 0 Å². The van der Waals surface area contributed by atoms with E-state index < -0.39 is 0 Å². The fraction of sp³-hybridized carbons (Fsp3) is 0.474. The zero-order valence-corrected chi connectivity index (χ0v) is 15.5. The van der Waals surface area contributed by atoms with E-state index in [0.717, 1.165) is 73.8 Å². The molecule has 3 aromatic heterocycles. The highest BCUT2D eigenvalue weighted by atomic mass is 15.3. The smallest absolute Gasteiger partial charge is 0.183 e. The number of piperidine rings is 1. The minimum atomic E-state index is -0.0785. The van der Waals surface area contributed by atoms with Gasteiger partial charge in [-0.3, -0.25) is 10.1 Å². The average Bonchev–Trinajstić information content (AvgIpc) is 3.10. The van der Waals surface area contributed by atoms with Gasteiger partial charge in [-0.15, -0.1) is 0 Å². The lowest BCUT2D eigenvalue weighted by molar-refractivity contribution is 0.363. The van der Waals surface area contributed by atoms with Crippen LogP contribution in [0, 0.1) is 0 Å². The van der Waals surface area contributed by atoms with Gasteiger partial charge in [0.1, 0.15) is 5.82 Å². The number of aryl methyl sites for hydroxylation is 1. The molecule has 0 aliphatic carbocycles. The number of aromatic amines is 1. The van der Waals surface area contributed by atoms with Crippen LogP contribution in [0.15, 0.2) is 24.7 Å². The quantitative estimate of drug-likeness (QED) is 0.718. The first-order valence-electron chi connectivity index (χ1n) is 9.56. The van der Waals surface area contributed by atoms with Gasteiger partial charge in [0.25, 0.3) is 0 Å². The molecule has 0 bridgehead atoms. The van der Waals surface area contributed by atoms with E-state index in [1.165, 1.54) is 5.56 Å². The van der Waals surface area contributed by atoms with Gasteiger partial charge >= 0.3 is 0 Å². The molecular weight excluding hydrogens is 340 g/mol. The molecule has 2 aliphatic rings. The Morgan fingerprint density at radius 2 is 2.04 bits per heavy atom. The van der Waals surface area contributed by atoms with E-state index in [4.69, 9.17) is 15.7 Å². The van der Waals surface area contributed by atoms with Crippen molar-refractivity contribution >= 4 is 28.5 Å². The highest BCUT2D eigenvalue weighted by Gasteiger charge is 2.28. The SMILES string of the molecule is CC1(N)CCN(c2cnc3c(N4CCCc5ccncc54)n[nH]c3n2)CC1. The Morgan fingerprint density at radius 1 is 1.19 bits per heavy atom. The number of aromatic nitrogens is 5. The van der Waals surface area contributed by atoms with E-state index in [-0.39, 0.29) is 5.54 Å². The monoisotopic (exact) mass is 364 g/mol. The van der Waals surface area contributed by atoms with Crippen LogP contribution in [-0.2, 0) is 6.42 Å². The molecule has 1 saturated heterocycles. The standard InChI is InChI=1S/C19H24N8/c1-19(20)5-9-26(10-6-19)15-12-22-16-17(23-15)24-25-18(16)27-8-2-3-13-4-7-21-11-14(13)27/h4,7,11-12H,2-3,5-6,8-10,20H2,1H3,(H,23,24,25). The zero-order valence-electron chi connectivity index (χ0n) is 15.5. The maximum Gasteiger partial charge on any atom is 0.183 e. The van der Waals surface area contributed by atoms with E-state index in [1.54, 1.807) is 0 Å². The summed E-state index contributed by atoms with van der Waals surface area (Å²) in [4.78, 5) is 18.2. The number of anilines is 3. The van der Waals surface area contributed by atoms with Gasteiger partial charge in [-0.1, -0.05) is 0 Å². The van der Waals surface area contributed by atoms with Gasteiger partial charge < -0.3 is 15.5 Å². The summed E-state index contributed by atoms with van der Waals surface area (Å²) in [6, 6.07) is 2.09. The van der Waals surface area contributed by atoms with Gasteiger partial charge in [-0.05, 0) is 44.2 Å². The van der Waals surface area contributed by atoms with Crippen LogP contribution in [0.5, 0.6) is 0 Å². The van der Waals surface area contributed by atoms with Crippen molar-refractivity contribution in [2.24, 2.45) is 5.73 Å². The third kappa shape index (κ3) is 2.90. The molecule has 27 heavy (non-hydrogen) atoms. The fourth-order valence-corrected chi connectivity index (χ4v) is 4.00. The summed E-state index contributed by atoms with van der Waals surface area (Å²) in [5.74, 6) is 1.71. The van der Waals surface area contributed by atoms with E-state index in [9.17, 15) is 0 Å². The minimum Gasteiger partial charge on any atom is -0.355 e. The molecule has 2 aliphatic heterocycles. The number of nitrogens with two attached hydrogens (primary N) is 1. The van der Waals surface area contributed by atoms with Gasteiger partial charge in [-0.25, -0.2) is 9.97 Å². The van der Waals surface area contributed by atoms with Gasteiger partial charge in [0.15, 0.2) is 17.0 Å². The molecule has 5 rings (SSSR count). The van der Waals surface area contributed by atoms with Crippen LogP contribution in [0.4, 0.5) is 17.3 Å². The van der Waals surface area contributed by atoms with Crippen molar-refractivity contribution in [3.63, 3.8) is 0 Å². The molecule has 0 atom stereocenters. The number of H-pyrrole nitrogens is 1. The molecule has 1 fully saturated rings. The maximum atomic E-state index is 6.24. The Morgan fingerprint density at radius 3 is 2.89 bits per heavy atom. The molecule has 3 N–H and O–H groups in total. The molecule has 5 heterocycles. The molecule has 0 amide bonds. The molecule has 0 unspecified atom stereocenters. The Bertz CT molecular complexity index is 969. The Balaban J connectivity index is 1.47. The largest absolute Gasteiger partial charge is 0.355 e. The first-order chi connectivity index (χ1) is 13.1. The van der Waals surface area contributed by atoms with E-state index in [1.807, 2.05) is 18.6 Å². The summed E-state index contributed by atoms with van der Waals surface area (Å²) in [5, 5.41) is 7.61. The molecule has 0 spiro atoms. The summed E-state index contributed by atoms with van der Waals surface area (Å²) in [7, 11) is 0. The van der Waals surface area contributed by atoms with Crippen molar-refractivity contribution in [2.45, 2.75) is 38.1 Å². The van der Waals surface area contributed by atoms with Crippen LogP contribution in [0.25, 0.3) is 11.2 Å². The summed E-state index contributed by atoms with van der Waals surface area (Å²) < 4.78 is 0. The highest BCUT2D eigenvalue weighted by molar-refractivity contribution is 5.87. The summed E-state index contributed by atoms with van der Waals surface area (Å²) in [5.41, 5.74) is 10.1. The number of nitrogens with zero attached hydrogens (tertiary/aromatic N) is 6. The van der Waals surface area contributed by atoms with Crippen LogP contribution in [0.2, 0.25) is 0 Å². The van der Waals surface area contributed by atoms with Gasteiger partial charge in [0.05, 0.1) is 18.1 Å². The number of fused-ring (bicyclic) bond motifs is 2. The van der Waals surface area contributed by atoms with Crippen LogP contribution in [0.3, 0.4) is 0 Å². The second kappa shape index (κ2) is 6.16. The van der Waals surface area contributed by atoms with Crippen molar-refractivity contribution in [2.75, 3.05) is 29.4 Å². The normalized spacial score (nSPS) is 19.3. The maximum absolute atomic E-state index is 6.24. The molecule has 3 aromatic rings. The average molecular weight is 364 g/mol. The first kappa shape index (κ1) is 16.4. The lowest BCUT2D eigenvalue weighted by Gasteiger charge is -2.37. The molecule has 0 aromatic carbocycles. The predicted octanol–water partition coefficient (Wildman–Crippen LogP) is 2.15. The predicted molar refractivity (Wildman–Crippen MR) is 105 cm³/mol. The van der Waals surface area contributed by atoms with E-state index >= 15 is 0 Å². The number of nitrogens with one attached hydrogen (secondary N) is 1. The van der Waals surface area contributed by atoms with E-state index in [2.05, 4.69) is 38.0 Å². The van der Waals surface area contributed by atoms with Crippen LogP contribution in [0.1, 0.15) is 31.7 Å². The van der Waals surface area contributed by atoms with Crippen LogP contribution >= 0.6 is 0 Å². The second-order valence-corrected chi connectivity index (χ2v) is 7.87. The van der Waals surface area contributed by atoms with Crippen molar-refractivity contribution in [1.82, 2.24) is 25.1 Å². The van der Waals surface area contributed by atoms with Crippen molar-refractivity contribution in [3.8, 4) is 0 Å². The summed E-state index contributed by atoms with van der Waals surface area (Å²) in [6.45, 7) is 4.83. The minimum absolute atomic E-state index is 0.0785. The lowest BCUT2D eigenvalue weighted by Crippen LogP contribution is -2.48. The van der Waals surface area contributed by atoms with Crippen molar-refractivity contribution in [3.05, 3.63) is 30.2 Å². The molecule has 8 nitrogen and oxygen atoms in total. The second-order valence-electron chi connectivity index (χ2n) is 7.87. The van der Waals surface area contributed by atoms with Gasteiger partial charge in [0.2, 0.25) is 0 Å². The lowest BCUT2D eigenvalue weighted by atomic mass is 9.91. The fourth-order valence-electron chi connectivity index (χ4n) is 4.00. The topological polar surface area (TPSA) is 99.9 Å². The number of pyridine rings is 1. The molecule has 8 heteroatoms. The van der Waals surface area contributed by atoms with Crippen LogP contribution in [-0.4, -0.2) is 50.3 Å². The molecule has 140 valence electrons. The van der Waals surface area contributed by atoms with Gasteiger partial charge in [0, 0.05) is 31.4 Å². The number of hydrogen-bond donors (Lipinski definition) is 2. The van der Waals surface area contributed by atoms with Crippen LogP contribution < -0.4 is 15.5 Å². The van der Waals surface area contributed by atoms with Crippen molar-refractivity contribution < 1.29 is 0 Å². The Kier molecular flexibility index (Phi) is 3.75. The zero-order chi connectivity index (χ0) is 18.4. The first-order valence-corrected chi connectivity index (χ1v) is 9.56. The third-order valence-corrected chi connectivity index (χ3v) is 5.73. The third-order valence-electron chi connectivity index (χ3n) is 5.73. The highest BCUT2D eigenvalue weighted by Crippen LogP contribution is 2.34. The molecule has 0 radical (unpaired) electrons. The number of rotatable bonds is 2. The molecular formula is C19H24N8. The summed E-state index contributed by atoms with van der Waals surface area (Å²) in [6.07, 6.45) is 9.69. The van der Waals surface area contributed by atoms with Crippen molar-refractivity contribution in [1.29, 1.82) is 0 Å². The number of hydrogen-bond acceptors (Lipinski definition) is 7. The molecule has 0 saturated carbocycles. The Hall–Kier alpha value is -2.74. The van der Waals surface area contributed by atoms with Gasteiger partial charge in [-0.2, -0.15) is 5.10 Å².